The second-order valence-corrected chi connectivity index (χ2v) is 9.80. The largest absolute Gasteiger partial charge is 0.487 e. The van der Waals surface area contributed by atoms with Crippen LogP contribution in [0.15, 0.2) is 109 Å². The van der Waals surface area contributed by atoms with Gasteiger partial charge in [0.1, 0.15) is 26.4 Å². The molecular weight excluding hydrogens is 548 g/mol. The molecule has 0 spiro atoms. The summed E-state index contributed by atoms with van der Waals surface area (Å²) < 4.78 is 43.0. The van der Waals surface area contributed by atoms with Crippen molar-refractivity contribution >= 4 is 5.97 Å². The number of carbonyl (C=O) groups excluding carboxylic acids is 1. The van der Waals surface area contributed by atoms with Gasteiger partial charge in [-0.15, -0.1) is 0 Å². The molecule has 1 atom stereocenters. The number of benzene rings is 4. The highest BCUT2D eigenvalue weighted by Gasteiger charge is 2.42. The van der Waals surface area contributed by atoms with Crippen LogP contribution in [0, 0.1) is 0 Å². The van der Waals surface area contributed by atoms with Crippen LogP contribution in [-0.2, 0) is 24.6 Å². The summed E-state index contributed by atoms with van der Waals surface area (Å²) in [6, 6.07) is 33.7. The standard InChI is InChI=1S/C35H36O8/c1-2-38-34(36)33(27-13-5-3-6-14-27)43-35(28-15-7-4-8-16-28)25-41-31-19-11-9-17-29(31)39-23-21-37-22-24-40-30-18-10-12-20-32(30)42-26-35/h3-20,33H,2,21-26H2,1H3. The van der Waals surface area contributed by atoms with E-state index in [2.05, 4.69) is 0 Å². The Hall–Kier alpha value is -4.53. The van der Waals surface area contributed by atoms with E-state index in [0.717, 1.165) is 5.56 Å². The summed E-state index contributed by atoms with van der Waals surface area (Å²) in [5.74, 6) is 1.66. The second kappa shape index (κ2) is 15.1. The molecule has 0 saturated carbocycles. The van der Waals surface area contributed by atoms with Crippen LogP contribution in [0.5, 0.6) is 23.0 Å². The SMILES string of the molecule is CCOC(=O)C(OC1(c2ccccc2)COc2ccccc2OCCOCCOc2ccccc2OC1)c1ccccc1. The smallest absolute Gasteiger partial charge is 0.339 e. The molecule has 43 heavy (non-hydrogen) atoms. The Bertz CT molecular complexity index is 1370. The van der Waals surface area contributed by atoms with Crippen LogP contribution in [0.4, 0.5) is 0 Å². The molecular formula is C35H36O8. The highest BCUT2D eigenvalue weighted by Crippen LogP contribution is 2.38. The van der Waals surface area contributed by atoms with Gasteiger partial charge < -0.3 is 33.2 Å². The van der Waals surface area contributed by atoms with Gasteiger partial charge in [-0.25, -0.2) is 4.79 Å². The molecule has 0 aromatic heterocycles. The molecule has 224 valence electrons. The van der Waals surface area contributed by atoms with Crippen molar-refractivity contribution in [2.45, 2.75) is 18.6 Å². The molecule has 0 bridgehead atoms. The maximum atomic E-state index is 13.4. The van der Waals surface area contributed by atoms with Crippen LogP contribution in [-0.4, -0.2) is 52.2 Å². The molecule has 4 aromatic carbocycles. The van der Waals surface area contributed by atoms with Crippen molar-refractivity contribution in [2.24, 2.45) is 0 Å². The Morgan fingerprint density at radius 1 is 0.651 bits per heavy atom. The fourth-order valence-corrected chi connectivity index (χ4v) is 4.70. The third-order valence-electron chi connectivity index (χ3n) is 6.84. The first-order valence-corrected chi connectivity index (χ1v) is 14.4. The number of rotatable bonds is 6. The van der Waals surface area contributed by atoms with E-state index in [1.165, 1.54) is 0 Å². The maximum Gasteiger partial charge on any atom is 0.339 e. The lowest BCUT2D eigenvalue weighted by Gasteiger charge is -2.37. The number of fused-ring (bicyclic) bond motifs is 2. The number of ether oxygens (including phenoxy) is 7. The van der Waals surface area contributed by atoms with Gasteiger partial charge in [-0.2, -0.15) is 0 Å². The van der Waals surface area contributed by atoms with Crippen LogP contribution >= 0.6 is 0 Å². The predicted octanol–water partition coefficient (Wildman–Crippen LogP) is 6.15. The minimum Gasteiger partial charge on any atom is -0.487 e. The molecule has 1 aliphatic heterocycles. The molecule has 0 saturated heterocycles. The first-order chi connectivity index (χ1) is 21.2. The Balaban J connectivity index is 1.60. The van der Waals surface area contributed by atoms with Crippen molar-refractivity contribution in [1.29, 1.82) is 0 Å². The van der Waals surface area contributed by atoms with Crippen molar-refractivity contribution < 1.29 is 38.0 Å². The first-order valence-electron chi connectivity index (χ1n) is 14.4. The molecule has 8 heteroatoms. The van der Waals surface area contributed by atoms with Crippen LogP contribution in [0.3, 0.4) is 0 Å². The summed E-state index contributed by atoms with van der Waals surface area (Å²) in [7, 11) is 0. The van der Waals surface area contributed by atoms with Gasteiger partial charge >= 0.3 is 5.97 Å². The lowest BCUT2D eigenvalue weighted by molar-refractivity contribution is -0.183. The van der Waals surface area contributed by atoms with Crippen LogP contribution in [0.1, 0.15) is 24.2 Å². The number of esters is 1. The highest BCUT2D eigenvalue weighted by atomic mass is 16.6. The third-order valence-corrected chi connectivity index (χ3v) is 6.84. The van der Waals surface area contributed by atoms with Crippen molar-refractivity contribution in [3.63, 3.8) is 0 Å². The molecule has 1 aliphatic rings. The Kier molecular flexibility index (Phi) is 10.5. The van der Waals surface area contributed by atoms with Gasteiger partial charge in [0.25, 0.3) is 0 Å². The quantitative estimate of drug-likeness (QED) is 0.250. The van der Waals surface area contributed by atoms with Crippen LogP contribution in [0.25, 0.3) is 0 Å². The first kappa shape index (κ1) is 29.9. The Morgan fingerprint density at radius 3 is 1.63 bits per heavy atom. The predicted molar refractivity (Wildman–Crippen MR) is 161 cm³/mol. The number of carbonyl (C=O) groups is 1. The molecule has 1 heterocycles. The molecule has 0 fully saturated rings. The molecule has 0 radical (unpaired) electrons. The molecule has 1 unspecified atom stereocenters. The molecule has 0 N–H and O–H groups in total. The van der Waals surface area contributed by atoms with Gasteiger partial charge in [0.05, 0.1) is 19.8 Å². The van der Waals surface area contributed by atoms with Crippen LogP contribution < -0.4 is 18.9 Å². The van der Waals surface area contributed by atoms with Gasteiger partial charge in [-0.1, -0.05) is 84.9 Å². The van der Waals surface area contributed by atoms with E-state index in [0.29, 0.717) is 55.0 Å². The van der Waals surface area contributed by atoms with E-state index >= 15 is 0 Å². The van der Waals surface area contributed by atoms with E-state index in [4.69, 9.17) is 33.2 Å². The van der Waals surface area contributed by atoms with Crippen LogP contribution in [0.2, 0.25) is 0 Å². The fourth-order valence-electron chi connectivity index (χ4n) is 4.70. The highest BCUT2D eigenvalue weighted by molar-refractivity contribution is 5.76. The van der Waals surface area contributed by atoms with Gasteiger partial charge in [-0.05, 0) is 42.3 Å². The minimum atomic E-state index is -1.28. The van der Waals surface area contributed by atoms with Crippen molar-refractivity contribution in [1.82, 2.24) is 0 Å². The summed E-state index contributed by atoms with van der Waals surface area (Å²) in [5.41, 5.74) is 0.122. The molecule has 5 rings (SSSR count). The Labute approximate surface area is 252 Å². The summed E-state index contributed by atoms with van der Waals surface area (Å²) in [6.07, 6.45) is -1.06. The average molecular weight is 585 g/mol. The van der Waals surface area contributed by atoms with Crippen molar-refractivity contribution in [3.05, 3.63) is 120 Å². The third kappa shape index (κ3) is 7.85. The van der Waals surface area contributed by atoms with E-state index in [1.807, 2.05) is 109 Å². The molecule has 0 aliphatic carbocycles. The number of hydrogen-bond acceptors (Lipinski definition) is 8. The summed E-state index contributed by atoms with van der Waals surface area (Å²) in [6.45, 7) is 3.37. The fraction of sp³-hybridized carbons (Fsp3) is 0.286. The normalized spacial score (nSPS) is 16.0. The van der Waals surface area contributed by atoms with Crippen molar-refractivity contribution in [2.75, 3.05) is 46.2 Å². The molecule has 0 amide bonds. The minimum absolute atomic E-state index is 0.0142. The Morgan fingerprint density at radius 2 is 1.12 bits per heavy atom. The lowest BCUT2D eigenvalue weighted by Crippen LogP contribution is -2.44. The van der Waals surface area contributed by atoms with E-state index < -0.39 is 17.7 Å². The summed E-state index contributed by atoms with van der Waals surface area (Å²) in [4.78, 5) is 13.4. The maximum absolute atomic E-state index is 13.4. The monoisotopic (exact) mass is 584 g/mol. The topological polar surface area (TPSA) is 81.7 Å². The molecule has 8 nitrogen and oxygen atoms in total. The van der Waals surface area contributed by atoms with E-state index in [-0.39, 0.29) is 19.8 Å². The average Bonchev–Trinajstić information content (AvgIpc) is 3.05. The van der Waals surface area contributed by atoms with Crippen molar-refractivity contribution in [3.8, 4) is 23.0 Å². The summed E-state index contributed by atoms with van der Waals surface area (Å²) in [5, 5.41) is 0. The summed E-state index contributed by atoms with van der Waals surface area (Å²) >= 11 is 0. The second-order valence-electron chi connectivity index (χ2n) is 9.80. The zero-order chi connectivity index (χ0) is 29.7. The van der Waals surface area contributed by atoms with Gasteiger partial charge in [0.15, 0.2) is 34.7 Å². The van der Waals surface area contributed by atoms with E-state index in [9.17, 15) is 4.79 Å². The number of para-hydroxylation sites is 4. The van der Waals surface area contributed by atoms with Gasteiger partial charge in [0, 0.05) is 0 Å². The zero-order valence-corrected chi connectivity index (χ0v) is 24.2. The lowest BCUT2D eigenvalue weighted by atomic mass is 9.94. The van der Waals surface area contributed by atoms with Gasteiger partial charge in [0.2, 0.25) is 0 Å². The zero-order valence-electron chi connectivity index (χ0n) is 24.2. The number of hydrogen-bond donors (Lipinski definition) is 0. The molecule has 4 aromatic rings. The van der Waals surface area contributed by atoms with Gasteiger partial charge in [-0.3, -0.25) is 0 Å². The van der Waals surface area contributed by atoms with E-state index in [1.54, 1.807) is 6.92 Å².